The van der Waals surface area contributed by atoms with E-state index in [1.165, 1.54) is 6.92 Å². The third-order valence-electron chi connectivity index (χ3n) is 2.04. The van der Waals surface area contributed by atoms with Crippen molar-refractivity contribution in [2.45, 2.75) is 32.1 Å². The Morgan fingerprint density at radius 2 is 2.12 bits per heavy atom. The number of carbonyl (C=O) groups excluding carboxylic acids is 1. The minimum absolute atomic E-state index is 0.0776. The van der Waals surface area contributed by atoms with Crippen LogP contribution in [0.4, 0.5) is 13.2 Å². The van der Waals surface area contributed by atoms with E-state index in [2.05, 4.69) is 14.7 Å². The Hall–Kier alpha value is -1.64. The van der Waals surface area contributed by atoms with E-state index in [9.17, 15) is 18.0 Å². The van der Waals surface area contributed by atoms with Gasteiger partial charge in [-0.15, -0.1) is 0 Å². The van der Waals surface area contributed by atoms with Gasteiger partial charge in [-0.2, -0.15) is 18.2 Å². The number of carbonyl (C=O) groups is 1. The largest absolute Gasteiger partial charge is 0.415 e. The Morgan fingerprint density at radius 3 is 2.53 bits per heavy atom. The average Bonchev–Trinajstić information content (AvgIpc) is 2.58. The van der Waals surface area contributed by atoms with E-state index in [1.807, 2.05) is 5.32 Å². The highest BCUT2D eigenvalue weighted by Crippen LogP contribution is 2.27. The van der Waals surface area contributed by atoms with Crippen molar-refractivity contribution in [1.29, 1.82) is 0 Å². The van der Waals surface area contributed by atoms with Gasteiger partial charge in [0.15, 0.2) is 11.4 Å². The lowest BCUT2D eigenvalue weighted by Gasteiger charge is -2.25. The van der Waals surface area contributed by atoms with Gasteiger partial charge in [-0.25, -0.2) is 0 Å². The first-order chi connectivity index (χ1) is 7.64. The van der Waals surface area contributed by atoms with Gasteiger partial charge in [0.05, 0.1) is 6.54 Å². The second-order valence-corrected chi connectivity index (χ2v) is 3.61. The first kappa shape index (κ1) is 13.4. The van der Waals surface area contributed by atoms with E-state index in [1.54, 1.807) is 0 Å². The van der Waals surface area contributed by atoms with Crippen LogP contribution in [0.2, 0.25) is 0 Å². The van der Waals surface area contributed by atoms with E-state index in [4.69, 9.17) is 5.73 Å². The van der Waals surface area contributed by atoms with Crippen LogP contribution in [-0.4, -0.2) is 27.8 Å². The molecule has 0 aromatic carbocycles. The number of nitrogens with one attached hydrogen (secondary N) is 1. The third kappa shape index (κ3) is 2.93. The van der Waals surface area contributed by atoms with Crippen molar-refractivity contribution in [3.8, 4) is 0 Å². The summed E-state index contributed by atoms with van der Waals surface area (Å²) >= 11 is 0. The minimum Gasteiger partial charge on any atom is -0.347 e. The van der Waals surface area contributed by atoms with Gasteiger partial charge in [0.2, 0.25) is 11.8 Å². The fourth-order valence-corrected chi connectivity index (χ4v) is 0.885. The fourth-order valence-electron chi connectivity index (χ4n) is 0.885. The number of hydrogen-bond acceptors (Lipinski definition) is 5. The van der Waals surface area contributed by atoms with Gasteiger partial charge in [-0.3, -0.25) is 4.79 Å². The summed E-state index contributed by atoms with van der Waals surface area (Å²) in [4.78, 5) is 15.0. The molecule has 0 aliphatic rings. The number of aromatic nitrogens is 2. The Morgan fingerprint density at radius 1 is 1.53 bits per heavy atom. The van der Waals surface area contributed by atoms with Crippen molar-refractivity contribution in [2.75, 3.05) is 0 Å². The molecule has 0 bridgehead atoms. The smallest absolute Gasteiger partial charge is 0.347 e. The summed E-state index contributed by atoms with van der Waals surface area (Å²) in [5, 5.41) is 5.40. The molecule has 1 aromatic rings. The van der Waals surface area contributed by atoms with E-state index < -0.39 is 17.6 Å². The minimum atomic E-state index is -4.83. The van der Waals surface area contributed by atoms with Gasteiger partial charge < -0.3 is 15.6 Å². The molecular weight excluding hydrogens is 241 g/mol. The zero-order valence-electron chi connectivity index (χ0n) is 9.13. The lowest BCUT2D eigenvalue weighted by molar-refractivity contribution is -0.187. The molecule has 0 fully saturated rings. The van der Waals surface area contributed by atoms with E-state index in [0.717, 1.165) is 0 Å². The molecule has 1 aromatic heterocycles. The molecule has 1 rings (SSSR count). The molecule has 17 heavy (non-hydrogen) atoms. The molecule has 0 saturated heterocycles. The summed E-state index contributed by atoms with van der Waals surface area (Å²) < 4.78 is 41.7. The number of aryl methyl sites for hydroxylation is 1. The van der Waals surface area contributed by atoms with Crippen LogP contribution in [0.5, 0.6) is 0 Å². The SMILES string of the molecule is Cc1nc(CNC(=O)C(C)(N)C(F)(F)F)no1. The molecule has 0 spiro atoms. The highest BCUT2D eigenvalue weighted by molar-refractivity contribution is 5.86. The summed E-state index contributed by atoms with van der Waals surface area (Å²) in [5.41, 5.74) is 1.95. The maximum Gasteiger partial charge on any atom is 0.415 e. The molecule has 1 atom stereocenters. The van der Waals surface area contributed by atoms with Crippen LogP contribution in [0, 0.1) is 6.92 Å². The number of alkyl halides is 3. The molecule has 0 aliphatic heterocycles. The van der Waals surface area contributed by atoms with Gasteiger partial charge in [0.25, 0.3) is 0 Å². The van der Waals surface area contributed by atoms with Crippen molar-refractivity contribution in [3.05, 3.63) is 11.7 Å². The van der Waals surface area contributed by atoms with Crippen LogP contribution < -0.4 is 11.1 Å². The van der Waals surface area contributed by atoms with Crippen LogP contribution in [0.15, 0.2) is 4.52 Å². The normalized spacial score (nSPS) is 15.4. The summed E-state index contributed by atoms with van der Waals surface area (Å²) in [6.07, 6.45) is -4.83. The molecule has 3 N–H and O–H groups in total. The first-order valence-electron chi connectivity index (χ1n) is 4.57. The monoisotopic (exact) mass is 252 g/mol. The number of amides is 1. The second-order valence-electron chi connectivity index (χ2n) is 3.61. The molecule has 96 valence electrons. The predicted molar refractivity (Wildman–Crippen MR) is 49.5 cm³/mol. The Bertz CT molecular complexity index is 413. The summed E-state index contributed by atoms with van der Waals surface area (Å²) in [6, 6.07) is 0. The Labute approximate surface area is 94.4 Å². The molecule has 0 aliphatic carbocycles. The average molecular weight is 252 g/mol. The standard InChI is InChI=1S/C8H11F3N4O2/c1-4-14-5(15-17-4)3-13-6(16)7(2,12)8(9,10)11/h3,12H2,1-2H3,(H,13,16). The first-order valence-corrected chi connectivity index (χ1v) is 4.57. The predicted octanol–water partition coefficient (Wildman–Crippen LogP) is 0.274. The van der Waals surface area contributed by atoms with Crippen molar-refractivity contribution in [1.82, 2.24) is 15.5 Å². The van der Waals surface area contributed by atoms with Gasteiger partial charge in [-0.05, 0) is 6.92 Å². The van der Waals surface area contributed by atoms with Crippen molar-refractivity contribution in [2.24, 2.45) is 5.73 Å². The van der Waals surface area contributed by atoms with Crippen molar-refractivity contribution in [3.63, 3.8) is 0 Å². The van der Waals surface area contributed by atoms with E-state index in [-0.39, 0.29) is 18.3 Å². The van der Waals surface area contributed by atoms with Crippen LogP contribution in [0.3, 0.4) is 0 Å². The zero-order valence-corrected chi connectivity index (χ0v) is 9.13. The Balaban J connectivity index is 2.61. The molecule has 9 heteroatoms. The molecular formula is C8H11F3N4O2. The van der Waals surface area contributed by atoms with E-state index >= 15 is 0 Å². The number of nitrogens with zero attached hydrogens (tertiary/aromatic N) is 2. The van der Waals surface area contributed by atoms with Crippen LogP contribution >= 0.6 is 0 Å². The maximum absolute atomic E-state index is 12.4. The van der Waals surface area contributed by atoms with Crippen LogP contribution in [0.25, 0.3) is 0 Å². The summed E-state index contributed by atoms with van der Waals surface area (Å²) in [6.45, 7) is 1.82. The van der Waals surface area contributed by atoms with Crippen LogP contribution in [-0.2, 0) is 11.3 Å². The third-order valence-corrected chi connectivity index (χ3v) is 2.04. The topological polar surface area (TPSA) is 94.0 Å². The van der Waals surface area contributed by atoms with Crippen molar-refractivity contribution < 1.29 is 22.5 Å². The maximum atomic E-state index is 12.4. The molecule has 1 unspecified atom stereocenters. The highest BCUT2D eigenvalue weighted by atomic mass is 19.4. The van der Waals surface area contributed by atoms with Gasteiger partial charge in [0.1, 0.15) is 0 Å². The quantitative estimate of drug-likeness (QED) is 0.805. The number of halogens is 3. The molecule has 1 amide bonds. The summed E-state index contributed by atoms with van der Waals surface area (Å²) in [7, 11) is 0. The number of nitrogens with two attached hydrogens (primary N) is 1. The molecule has 0 saturated carbocycles. The highest BCUT2D eigenvalue weighted by Gasteiger charge is 2.53. The van der Waals surface area contributed by atoms with Gasteiger partial charge in [0, 0.05) is 6.92 Å². The summed E-state index contributed by atoms with van der Waals surface area (Å²) in [5.74, 6) is -1.03. The second kappa shape index (κ2) is 4.32. The van der Waals surface area contributed by atoms with Crippen LogP contribution in [0.1, 0.15) is 18.6 Å². The Kier molecular flexibility index (Phi) is 3.41. The fraction of sp³-hybridized carbons (Fsp3) is 0.625. The molecule has 1 heterocycles. The van der Waals surface area contributed by atoms with Gasteiger partial charge >= 0.3 is 6.18 Å². The lowest BCUT2D eigenvalue weighted by Crippen LogP contribution is -2.61. The zero-order chi connectivity index (χ0) is 13.3. The van der Waals surface area contributed by atoms with Crippen molar-refractivity contribution >= 4 is 5.91 Å². The van der Waals surface area contributed by atoms with Gasteiger partial charge in [-0.1, -0.05) is 5.16 Å². The molecule has 6 nitrogen and oxygen atoms in total. The number of hydrogen-bond donors (Lipinski definition) is 2. The van der Waals surface area contributed by atoms with E-state index in [0.29, 0.717) is 6.92 Å². The molecule has 0 radical (unpaired) electrons. The lowest BCUT2D eigenvalue weighted by atomic mass is 10.0. The number of rotatable bonds is 3.